The summed E-state index contributed by atoms with van der Waals surface area (Å²) in [4.78, 5) is 10.6. The van der Waals surface area contributed by atoms with E-state index in [1.54, 1.807) is 0 Å². The van der Waals surface area contributed by atoms with Crippen LogP contribution in [0.15, 0.2) is 178 Å². The van der Waals surface area contributed by atoms with E-state index in [0.29, 0.717) is 5.84 Å². The summed E-state index contributed by atoms with van der Waals surface area (Å²) in [6.07, 6.45) is -0.331. The van der Waals surface area contributed by atoms with Gasteiger partial charge < -0.3 is 9.73 Å². The van der Waals surface area contributed by atoms with Gasteiger partial charge in [-0.3, -0.25) is 0 Å². The van der Waals surface area contributed by atoms with Crippen molar-refractivity contribution in [2.24, 2.45) is 9.98 Å². The molecule has 0 saturated carbocycles. The third kappa shape index (κ3) is 4.53. The highest BCUT2D eigenvalue weighted by Gasteiger charge is 2.25. The first-order valence-electron chi connectivity index (χ1n) is 16.6. The van der Waals surface area contributed by atoms with Crippen LogP contribution in [0.25, 0.3) is 65.4 Å². The number of rotatable bonds is 4. The first kappa shape index (κ1) is 27.6. The van der Waals surface area contributed by atoms with Gasteiger partial charge in [0.2, 0.25) is 0 Å². The fraction of sp³-hybridized carbons (Fsp3) is 0.0222. The summed E-state index contributed by atoms with van der Waals surface area (Å²) in [5.74, 6) is 1.46. The van der Waals surface area contributed by atoms with Crippen molar-refractivity contribution < 1.29 is 4.42 Å². The van der Waals surface area contributed by atoms with Crippen LogP contribution in [0, 0.1) is 0 Å². The van der Waals surface area contributed by atoms with E-state index < -0.39 is 0 Å². The monoisotopic (exact) mass is 627 g/mol. The van der Waals surface area contributed by atoms with Gasteiger partial charge in [0, 0.05) is 21.9 Å². The van der Waals surface area contributed by atoms with E-state index in [0.717, 1.165) is 66.4 Å². The SMILES string of the molecule is c1ccc(C2N=C(c3cc4ccccc4c4ccccc34)N=C(c3cccc4oc5cccc(-c6ccc7ccccc7c6)c5c34)N2)cc1. The number of benzene rings is 8. The lowest BCUT2D eigenvalue weighted by Gasteiger charge is -2.24. The van der Waals surface area contributed by atoms with Crippen molar-refractivity contribution in [1.29, 1.82) is 0 Å². The quantitative estimate of drug-likeness (QED) is 0.197. The van der Waals surface area contributed by atoms with E-state index in [2.05, 4.69) is 151 Å². The number of aliphatic imine (C=N–C) groups is 2. The van der Waals surface area contributed by atoms with Crippen molar-refractivity contribution in [3.8, 4) is 11.1 Å². The van der Waals surface area contributed by atoms with E-state index in [4.69, 9.17) is 14.4 Å². The number of hydrogen-bond donors (Lipinski definition) is 1. The minimum atomic E-state index is -0.331. The van der Waals surface area contributed by atoms with Crippen LogP contribution in [-0.4, -0.2) is 11.7 Å². The predicted octanol–water partition coefficient (Wildman–Crippen LogP) is 11.2. The molecule has 10 rings (SSSR count). The lowest BCUT2D eigenvalue weighted by atomic mass is 9.95. The Morgan fingerprint density at radius 2 is 1.12 bits per heavy atom. The van der Waals surface area contributed by atoms with Crippen molar-refractivity contribution in [3.63, 3.8) is 0 Å². The molecule has 4 heteroatoms. The van der Waals surface area contributed by atoms with Crippen molar-refractivity contribution >= 4 is 65.9 Å². The summed E-state index contributed by atoms with van der Waals surface area (Å²) in [6, 6.07) is 57.4. The van der Waals surface area contributed by atoms with Gasteiger partial charge in [-0.05, 0) is 73.3 Å². The Kier molecular flexibility index (Phi) is 6.21. The standard InChI is InChI=1S/C45H29N3O/c1-2-13-29(14-3-1)43-46-44(48-45(47-43)38-27-31-16-6-7-17-33(31)35-18-8-9-19-36(35)38)37-21-11-23-40-42(37)41-34(20-10-22-39(41)49-40)32-25-24-28-12-4-5-15-30(28)26-32/h1-27,43H,(H,46,47,48). The van der Waals surface area contributed by atoms with Gasteiger partial charge in [0.25, 0.3) is 0 Å². The van der Waals surface area contributed by atoms with Gasteiger partial charge in [-0.2, -0.15) is 0 Å². The van der Waals surface area contributed by atoms with Crippen LogP contribution < -0.4 is 5.32 Å². The third-order valence-electron chi connectivity index (χ3n) is 9.70. The zero-order valence-corrected chi connectivity index (χ0v) is 26.5. The second kappa shape index (κ2) is 11.0. The maximum Gasteiger partial charge on any atom is 0.160 e. The first-order valence-corrected chi connectivity index (χ1v) is 16.6. The molecule has 4 nitrogen and oxygen atoms in total. The second-order valence-electron chi connectivity index (χ2n) is 12.6. The predicted molar refractivity (Wildman–Crippen MR) is 204 cm³/mol. The summed E-state index contributed by atoms with van der Waals surface area (Å²) in [5.41, 5.74) is 6.99. The van der Waals surface area contributed by atoms with Crippen LogP contribution in [-0.2, 0) is 0 Å². The maximum absolute atomic E-state index is 6.55. The highest BCUT2D eigenvalue weighted by molar-refractivity contribution is 6.26. The average Bonchev–Trinajstić information content (AvgIpc) is 3.57. The zero-order valence-electron chi connectivity index (χ0n) is 26.5. The maximum atomic E-state index is 6.55. The van der Waals surface area contributed by atoms with Crippen LogP contribution in [0.2, 0.25) is 0 Å². The van der Waals surface area contributed by atoms with E-state index in [1.807, 2.05) is 18.2 Å². The van der Waals surface area contributed by atoms with Crippen molar-refractivity contribution in [3.05, 3.63) is 180 Å². The number of fused-ring (bicyclic) bond motifs is 7. The van der Waals surface area contributed by atoms with Gasteiger partial charge in [-0.1, -0.05) is 140 Å². The van der Waals surface area contributed by atoms with Crippen molar-refractivity contribution in [1.82, 2.24) is 5.32 Å². The Hall–Kier alpha value is -6.52. The Morgan fingerprint density at radius 3 is 1.94 bits per heavy atom. The molecule has 0 aliphatic carbocycles. The van der Waals surface area contributed by atoms with Crippen LogP contribution in [0.4, 0.5) is 0 Å². The van der Waals surface area contributed by atoms with Gasteiger partial charge in [-0.25, -0.2) is 9.98 Å². The molecule has 9 aromatic rings. The molecule has 0 fully saturated rings. The molecule has 1 atom stereocenters. The van der Waals surface area contributed by atoms with Gasteiger partial charge in [0.05, 0.1) is 0 Å². The average molecular weight is 628 g/mol. The van der Waals surface area contributed by atoms with Gasteiger partial charge in [0.1, 0.15) is 23.2 Å². The largest absolute Gasteiger partial charge is 0.456 e. The van der Waals surface area contributed by atoms with Gasteiger partial charge in [-0.15, -0.1) is 0 Å². The molecule has 0 radical (unpaired) electrons. The van der Waals surface area contributed by atoms with Crippen LogP contribution in [0.3, 0.4) is 0 Å². The molecular formula is C45H29N3O. The highest BCUT2D eigenvalue weighted by Crippen LogP contribution is 2.40. The lowest BCUT2D eigenvalue weighted by molar-refractivity contribution is 0.668. The van der Waals surface area contributed by atoms with E-state index in [1.165, 1.54) is 21.5 Å². The molecule has 1 aliphatic heterocycles. The Bertz CT molecular complexity index is 2810. The number of furan rings is 1. The minimum Gasteiger partial charge on any atom is -0.456 e. The summed E-state index contributed by atoms with van der Waals surface area (Å²) in [6.45, 7) is 0. The molecule has 0 bridgehead atoms. The molecule has 0 saturated heterocycles. The molecule has 8 aromatic carbocycles. The van der Waals surface area contributed by atoms with Crippen LogP contribution in [0.1, 0.15) is 22.9 Å². The first-order chi connectivity index (χ1) is 24.3. The molecule has 1 aromatic heterocycles. The fourth-order valence-corrected chi connectivity index (χ4v) is 7.41. The molecule has 2 heterocycles. The Balaban J connectivity index is 1.22. The molecule has 1 aliphatic rings. The molecular weight excluding hydrogens is 599 g/mol. The smallest absolute Gasteiger partial charge is 0.160 e. The molecule has 1 unspecified atom stereocenters. The lowest BCUT2D eigenvalue weighted by Crippen LogP contribution is -2.33. The zero-order chi connectivity index (χ0) is 32.3. The molecule has 0 spiro atoms. The number of nitrogens with one attached hydrogen (secondary N) is 1. The van der Waals surface area contributed by atoms with Crippen LogP contribution >= 0.6 is 0 Å². The van der Waals surface area contributed by atoms with E-state index in [-0.39, 0.29) is 6.17 Å². The second-order valence-corrected chi connectivity index (χ2v) is 12.6. The van der Waals surface area contributed by atoms with Gasteiger partial charge >= 0.3 is 0 Å². The highest BCUT2D eigenvalue weighted by atomic mass is 16.3. The summed E-state index contributed by atoms with van der Waals surface area (Å²) >= 11 is 0. The summed E-state index contributed by atoms with van der Waals surface area (Å²) in [7, 11) is 0. The molecule has 230 valence electrons. The molecule has 49 heavy (non-hydrogen) atoms. The van der Waals surface area contributed by atoms with E-state index in [9.17, 15) is 0 Å². The third-order valence-corrected chi connectivity index (χ3v) is 9.70. The normalized spacial score (nSPS) is 14.7. The van der Waals surface area contributed by atoms with E-state index >= 15 is 0 Å². The number of amidine groups is 2. The number of nitrogens with zero attached hydrogens (tertiary/aromatic N) is 2. The Morgan fingerprint density at radius 1 is 0.469 bits per heavy atom. The molecule has 1 N–H and O–H groups in total. The van der Waals surface area contributed by atoms with Gasteiger partial charge in [0.15, 0.2) is 5.84 Å². The fourth-order valence-electron chi connectivity index (χ4n) is 7.41. The van der Waals surface area contributed by atoms with Crippen molar-refractivity contribution in [2.75, 3.05) is 0 Å². The van der Waals surface area contributed by atoms with Crippen LogP contribution in [0.5, 0.6) is 0 Å². The summed E-state index contributed by atoms with van der Waals surface area (Å²) in [5, 5.41) is 12.9. The van der Waals surface area contributed by atoms with Crippen molar-refractivity contribution in [2.45, 2.75) is 6.17 Å². The molecule has 0 amide bonds. The number of hydrogen-bond acceptors (Lipinski definition) is 4. The topological polar surface area (TPSA) is 49.9 Å². The summed E-state index contributed by atoms with van der Waals surface area (Å²) < 4.78 is 6.55. The minimum absolute atomic E-state index is 0.331. The Labute approximate surface area is 282 Å².